The third-order valence-electron chi connectivity index (χ3n) is 2.43. The van der Waals surface area contributed by atoms with Crippen LogP contribution < -0.4 is 10.1 Å². The van der Waals surface area contributed by atoms with E-state index in [2.05, 4.69) is 15.3 Å². The predicted molar refractivity (Wildman–Crippen MR) is 58.5 cm³/mol. The number of nitrogens with one attached hydrogen (secondary N) is 1. The number of carboxylic acid groups (broad SMARTS) is 1. The van der Waals surface area contributed by atoms with E-state index in [9.17, 15) is 4.79 Å². The van der Waals surface area contributed by atoms with Crippen LogP contribution in [0, 0.1) is 0 Å². The molecule has 1 rings (SSSR count). The van der Waals surface area contributed by atoms with E-state index >= 15 is 0 Å². The second-order valence-corrected chi connectivity index (χ2v) is 3.56. The van der Waals surface area contributed by atoms with Crippen molar-refractivity contribution >= 4 is 11.8 Å². The first-order valence-corrected chi connectivity index (χ1v) is 4.89. The summed E-state index contributed by atoms with van der Waals surface area (Å²) in [5, 5.41) is 11.9. The molecule has 0 saturated carbocycles. The molecule has 0 spiro atoms. The molecule has 16 heavy (non-hydrogen) atoms. The molecule has 6 heteroatoms. The van der Waals surface area contributed by atoms with Gasteiger partial charge in [0.05, 0.1) is 7.11 Å². The van der Waals surface area contributed by atoms with E-state index in [0.29, 0.717) is 18.1 Å². The molecule has 0 aliphatic heterocycles. The van der Waals surface area contributed by atoms with Gasteiger partial charge in [-0.15, -0.1) is 0 Å². The van der Waals surface area contributed by atoms with Crippen LogP contribution >= 0.6 is 0 Å². The highest BCUT2D eigenvalue weighted by atomic mass is 16.5. The van der Waals surface area contributed by atoms with Crippen LogP contribution in [0.25, 0.3) is 0 Å². The first-order valence-electron chi connectivity index (χ1n) is 4.89. The number of hydrogen-bond donors (Lipinski definition) is 2. The van der Waals surface area contributed by atoms with Crippen LogP contribution in [0.3, 0.4) is 0 Å². The van der Waals surface area contributed by atoms with Gasteiger partial charge in [0.15, 0.2) is 0 Å². The predicted octanol–water partition coefficient (Wildman–Crippen LogP) is 1.15. The fourth-order valence-corrected chi connectivity index (χ4v) is 1.10. The molecule has 2 N–H and O–H groups in total. The lowest BCUT2D eigenvalue weighted by Crippen LogP contribution is -2.42. The minimum atomic E-state index is -1.04. The summed E-state index contributed by atoms with van der Waals surface area (Å²) in [6.45, 7) is 3.39. The highest BCUT2D eigenvalue weighted by Crippen LogP contribution is 2.19. The van der Waals surface area contributed by atoms with Crippen molar-refractivity contribution < 1.29 is 14.6 Å². The average Bonchev–Trinajstić information content (AvgIpc) is 2.29. The number of aromatic nitrogens is 2. The van der Waals surface area contributed by atoms with E-state index in [1.54, 1.807) is 19.9 Å². The van der Waals surface area contributed by atoms with Crippen molar-refractivity contribution in [3.05, 3.63) is 12.4 Å². The molecule has 0 aromatic carbocycles. The van der Waals surface area contributed by atoms with E-state index in [4.69, 9.17) is 9.84 Å². The minimum Gasteiger partial charge on any atom is -0.481 e. The monoisotopic (exact) mass is 225 g/mol. The van der Waals surface area contributed by atoms with Crippen molar-refractivity contribution in [1.29, 1.82) is 0 Å². The molecule has 1 atom stereocenters. The van der Waals surface area contributed by atoms with Gasteiger partial charge in [-0.05, 0) is 13.3 Å². The first kappa shape index (κ1) is 12.2. The maximum Gasteiger partial charge on any atom is 0.329 e. The van der Waals surface area contributed by atoms with Gasteiger partial charge in [0.2, 0.25) is 5.88 Å². The summed E-state index contributed by atoms with van der Waals surface area (Å²) >= 11 is 0. The highest BCUT2D eigenvalue weighted by molar-refractivity contribution is 5.81. The van der Waals surface area contributed by atoms with Crippen LogP contribution in [0.2, 0.25) is 0 Å². The van der Waals surface area contributed by atoms with E-state index in [1.807, 2.05) is 0 Å². The molecule has 0 aliphatic carbocycles. The summed E-state index contributed by atoms with van der Waals surface area (Å²) in [6, 6.07) is 1.55. The Morgan fingerprint density at radius 1 is 1.62 bits per heavy atom. The van der Waals surface area contributed by atoms with Crippen molar-refractivity contribution in [2.24, 2.45) is 0 Å². The van der Waals surface area contributed by atoms with E-state index in [1.165, 1.54) is 13.4 Å². The molecular formula is C10H15N3O3. The zero-order valence-corrected chi connectivity index (χ0v) is 9.52. The molecule has 0 amide bonds. The molecular weight excluding hydrogens is 210 g/mol. The number of rotatable bonds is 5. The SMILES string of the molecule is CCC(C)(Nc1cc(OC)ncn1)C(=O)O. The lowest BCUT2D eigenvalue weighted by molar-refractivity contribution is -0.141. The summed E-state index contributed by atoms with van der Waals surface area (Å²) in [4.78, 5) is 18.8. The summed E-state index contributed by atoms with van der Waals surface area (Å²) in [5.41, 5.74) is -1.04. The summed E-state index contributed by atoms with van der Waals surface area (Å²) < 4.78 is 4.92. The van der Waals surface area contributed by atoms with Gasteiger partial charge in [-0.1, -0.05) is 6.92 Å². The molecule has 0 saturated heterocycles. The van der Waals surface area contributed by atoms with Crippen LogP contribution in [0.1, 0.15) is 20.3 Å². The second kappa shape index (κ2) is 4.78. The number of aliphatic carboxylic acids is 1. The molecule has 0 radical (unpaired) electrons. The molecule has 0 fully saturated rings. The highest BCUT2D eigenvalue weighted by Gasteiger charge is 2.31. The van der Waals surface area contributed by atoms with Gasteiger partial charge >= 0.3 is 5.97 Å². The Balaban J connectivity index is 2.90. The van der Waals surface area contributed by atoms with E-state index < -0.39 is 11.5 Å². The summed E-state index contributed by atoms with van der Waals surface area (Å²) in [6.07, 6.45) is 1.76. The normalized spacial score (nSPS) is 13.9. The number of anilines is 1. The number of ether oxygens (including phenoxy) is 1. The third kappa shape index (κ3) is 2.59. The smallest absolute Gasteiger partial charge is 0.329 e. The molecule has 0 bridgehead atoms. The van der Waals surface area contributed by atoms with E-state index in [-0.39, 0.29) is 0 Å². The number of methoxy groups -OCH3 is 1. The van der Waals surface area contributed by atoms with Crippen LogP contribution in [-0.2, 0) is 4.79 Å². The fraction of sp³-hybridized carbons (Fsp3) is 0.500. The largest absolute Gasteiger partial charge is 0.481 e. The van der Waals surface area contributed by atoms with Crippen molar-refractivity contribution in [2.45, 2.75) is 25.8 Å². The van der Waals surface area contributed by atoms with Crippen LogP contribution in [0.4, 0.5) is 5.82 Å². The van der Waals surface area contributed by atoms with Crippen LogP contribution in [0.5, 0.6) is 5.88 Å². The zero-order chi connectivity index (χ0) is 12.2. The topological polar surface area (TPSA) is 84.3 Å². The summed E-state index contributed by atoms with van der Waals surface area (Å²) in [7, 11) is 1.49. The molecule has 6 nitrogen and oxygen atoms in total. The Morgan fingerprint density at radius 3 is 2.81 bits per heavy atom. The Bertz CT molecular complexity index is 383. The maximum absolute atomic E-state index is 11.1. The lowest BCUT2D eigenvalue weighted by atomic mass is 9.99. The lowest BCUT2D eigenvalue weighted by Gasteiger charge is -2.25. The third-order valence-corrected chi connectivity index (χ3v) is 2.43. The Morgan fingerprint density at radius 2 is 2.31 bits per heavy atom. The maximum atomic E-state index is 11.1. The van der Waals surface area contributed by atoms with Crippen LogP contribution in [-0.4, -0.2) is 33.7 Å². The van der Waals surface area contributed by atoms with E-state index in [0.717, 1.165) is 0 Å². The van der Waals surface area contributed by atoms with Crippen molar-refractivity contribution in [3.63, 3.8) is 0 Å². The van der Waals surface area contributed by atoms with Crippen molar-refractivity contribution in [3.8, 4) is 5.88 Å². The Hall–Kier alpha value is -1.85. The van der Waals surface area contributed by atoms with Gasteiger partial charge in [0.25, 0.3) is 0 Å². The van der Waals surface area contributed by atoms with Gasteiger partial charge in [-0.25, -0.2) is 14.8 Å². The summed E-state index contributed by atoms with van der Waals surface area (Å²) in [5.74, 6) is -0.104. The van der Waals surface area contributed by atoms with Gasteiger partial charge < -0.3 is 15.2 Å². The molecule has 88 valence electrons. The number of hydrogen-bond acceptors (Lipinski definition) is 5. The number of carboxylic acids is 1. The first-order chi connectivity index (χ1) is 7.51. The molecule has 1 aromatic heterocycles. The minimum absolute atomic E-state index is 0.390. The Labute approximate surface area is 93.7 Å². The van der Waals surface area contributed by atoms with Crippen LogP contribution in [0.15, 0.2) is 12.4 Å². The zero-order valence-electron chi connectivity index (χ0n) is 9.52. The van der Waals surface area contributed by atoms with Gasteiger partial charge in [0.1, 0.15) is 17.7 Å². The molecule has 0 aliphatic rings. The number of nitrogens with zero attached hydrogens (tertiary/aromatic N) is 2. The molecule has 1 heterocycles. The van der Waals surface area contributed by atoms with Crippen molar-refractivity contribution in [2.75, 3.05) is 12.4 Å². The second-order valence-electron chi connectivity index (χ2n) is 3.56. The Kier molecular flexibility index (Phi) is 3.65. The number of carbonyl (C=O) groups is 1. The van der Waals surface area contributed by atoms with Gasteiger partial charge in [0, 0.05) is 6.07 Å². The fourth-order valence-electron chi connectivity index (χ4n) is 1.10. The molecule has 1 aromatic rings. The van der Waals surface area contributed by atoms with Gasteiger partial charge in [-0.2, -0.15) is 0 Å². The quantitative estimate of drug-likeness (QED) is 0.782. The van der Waals surface area contributed by atoms with Gasteiger partial charge in [-0.3, -0.25) is 0 Å². The average molecular weight is 225 g/mol. The van der Waals surface area contributed by atoms with Crippen molar-refractivity contribution in [1.82, 2.24) is 9.97 Å². The molecule has 1 unspecified atom stereocenters. The standard InChI is InChI=1S/C10H15N3O3/c1-4-10(2,9(14)15)13-7-5-8(16-3)12-6-11-7/h5-6H,4H2,1-3H3,(H,14,15)(H,11,12,13).